The Kier molecular flexibility index (Phi) is 5.19. The molecule has 0 aromatic heterocycles. The number of nitrogens with one attached hydrogen (secondary N) is 1. The van der Waals surface area contributed by atoms with E-state index in [-0.39, 0.29) is 0 Å². The zero-order valence-corrected chi connectivity index (χ0v) is 10.6. The summed E-state index contributed by atoms with van der Waals surface area (Å²) in [4.78, 5) is 13.2. The maximum absolute atomic E-state index is 12.8. The largest absolute Gasteiger partial charge is 0.408 e. The van der Waals surface area contributed by atoms with Crippen LogP contribution in [0.15, 0.2) is 12.2 Å². The fourth-order valence-corrected chi connectivity index (χ4v) is 1.81. The first-order valence-electron chi connectivity index (χ1n) is 5.99. The van der Waals surface area contributed by atoms with E-state index in [0.717, 1.165) is 12.5 Å². The van der Waals surface area contributed by atoms with Gasteiger partial charge in [-0.2, -0.15) is 13.2 Å². The number of amides is 1. The molecule has 1 N–H and O–H groups in total. The monoisotopic (exact) mass is 264 g/mol. The molecule has 0 aromatic rings. The predicted octanol–water partition coefficient (Wildman–Crippen LogP) is 1.95. The Labute approximate surface area is 105 Å². The molecule has 0 heterocycles. The molecule has 18 heavy (non-hydrogen) atoms. The highest BCUT2D eigenvalue weighted by molar-refractivity contribution is 5.87. The Hall–Kier alpha value is -1.04. The topological polar surface area (TPSA) is 32.3 Å². The second-order valence-corrected chi connectivity index (χ2v) is 4.88. The van der Waals surface area contributed by atoms with Gasteiger partial charge in [0.05, 0.1) is 0 Å². The number of likely N-dealkylation sites (N-methyl/N-ethyl adjacent to an activating group) is 1. The fourth-order valence-electron chi connectivity index (χ4n) is 1.81. The number of halogens is 3. The Morgan fingerprint density at radius 1 is 1.44 bits per heavy atom. The van der Waals surface area contributed by atoms with Crippen LogP contribution in [0, 0.1) is 5.92 Å². The molecule has 0 saturated heterocycles. The van der Waals surface area contributed by atoms with E-state index in [2.05, 4.69) is 5.32 Å². The highest BCUT2D eigenvalue weighted by atomic mass is 19.4. The SMILES string of the molecule is CN(C)C/C=C/C(=O)NC(C1CCC1)C(F)(F)F. The molecular weight excluding hydrogens is 245 g/mol. The minimum atomic E-state index is -4.36. The summed E-state index contributed by atoms with van der Waals surface area (Å²) >= 11 is 0. The smallest absolute Gasteiger partial charge is 0.341 e. The van der Waals surface area contributed by atoms with Crippen LogP contribution in [-0.2, 0) is 4.79 Å². The molecule has 3 nitrogen and oxygen atoms in total. The summed E-state index contributed by atoms with van der Waals surface area (Å²) < 4.78 is 38.3. The van der Waals surface area contributed by atoms with Gasteiger partial charge in [-0.05, 0) is 32.9 Å². The second kappa shape index (κ2) is 6.22. The number of alkyl halides is 3. The Bertz CT molecular complexity index is 309. The van der Waals surface area contributed by atoms with E-state index in [1.165, 1.54) is 0 Å². The van der Waals surface area contributed by atoms with Crippen LogP contribution in [-0.4, -0.2) is 43.7 Å². The summed E-state index contributed by atoms with van der Waals surface area (Å²) in [7, 11) is 3.63. The van der Waals surface area contributed by atoms with Crippen LogP contribution in [0.4, 0.5) is 13.2 Å². The molecule has 1 fully saturated rings. The van der Waals surface area contributed by atoms with Gasteiger partial charge in [-0.1, -0.05) is 12.5 Å². The first-order valence-corrected chi connectivity index (χ1v) is 5.99. The van der Waals surface area contributed by atoms with E-state index >= 15 is 0 Å². The van der Waals surface area contributed by atoms with Gasteiger partial charge in [-0.3, -0.25) is 4.79 Å². The molecule has 1 unspecified atom stereocenters. The fraction of sp³-hybridized carbons (Fsp3) is 0.750. The Balaban J connectivity index is 2.50. The van der Waals surface area contributed by atoms with Gasteiger partial charge < -0.3 is 10.2 Å². The minimum Gasteiger partial charge on any atom is -0.341 e. The molecule has 1 atom stereocenters. The van der Waals surface area contributed by atoms with Gasteiger partial charge in [0, 0.05) is 12.6 Å². The molecule has 104 valence electrons. The molecule has 1 saturated carbocycles. The van der Waals surface area contributed by atoms with Gasteiger partial charge >= 0.3 is 6.18 Å². The molecule has 1 aliphatic carbocycles. The third-order valence-corrected chi connectivity index (χ3v) is 3.01. The highest BCUT2D eigenvalue weighted by Crippen LogP contribution is 2.37. The number of rotatable bonds is 5. The number of carbonyl (C=O) groups excluding carboxylic acids is 1. The number of carbonyl (C=O) groups is 1. The summed E-state index contributed by atoms with van der Waals surface area (Å²) in [6.07, 6.45) is 0.221. The molecule has 0 aromatic carbocycles. The van der Waals surface area contributed by atoms with Crippen molar-refractivity contribution in [2.24, 2.45) is 5.92 Å². The number of hydrogen-bond donors (Lipinski definition) is 1. The summed E-state index contributed by atoms with van der Waals surface area (Å²) in [5.74, 6) is -1.14. The highest BCUT2D eigenvalue weighted by Gasteiger charge is 2.47. The van der Waals surface area contributed by atoms with Crippen molar-refractivity contribution in [1.29, 1.82) is 0 Å². The summed E-state index contributed by atoms with van der Waals surface area (Å²) in [5.41, 5.74) is 0. The lowest BCUT2D eigenvalue weighted by Crippen LogP contribution is -2.51. The molecular formula is C12H19F3N2O. The van der Waals surface area contributed by atoms with Crippen molar-refractivity contribution in [3.05, 3.63) is 12.2 Å². The van der Waals surface area contributed by atoms with Gasteiger partial charge in [0.25, 0.3) is 0 Å². The first-order chi connectivity index (χ1) is 8.30. The first kappa shape index (κ1) is 15.0. The molecule has 6 heteroatoms. The lowest BCUT2D eigenvalue weighted by molar-refractivity contribution is -0.176. The average molecular weight is 264 g/mol. The van der Waals surface area contributed by atoms with E-state index in [4.69, 9.17) is 0 Å². The molecule has 1 aliphatic rings. The van der Waals surface area contributed by atoms with E-state index in [1.54, 1.807) is 6.08 Å². The van der Waals surface area contributed by atoms with E-state index in [0.29, 0.717) is 19.4 Å². The van der Waals surface area contributed by atoms with Crippen molar-refractivity contribution in [3.8, 4) is 0 Å². The summed E-state index contributed by atoms with van der Waals surface area (Å²) in [6, 6.07) is -1.71. The van der Waals surface area contributed by atoms with E-state index in [1.807, 2.05) is 19.0 Å². The maximum atomic E-state index is 12.8. The van der Waals surface area contributed by atoms with Crippen molar-refractivity contribution in [1.82, 2.24) is 10.2 Å². The van der Waals surface area contributed by atoms with Gasteiger partial charge in [-0.25, -0.2) is 0 Å². The number of hydrogen-bond acceptors (Lipinski definition) is 2. The van der Waals surface area contributed by atoms with Gasteiger partial charge in [0.15, 0.2) is 0 Å². The summed E-state index contributed by atoms with van der Waals surface area (Å²) in [6.45, 7) is 0.521. The zero-order valence-electron chi connectivity index (χ0n) is 10.6. The van der Waals surface area contributed by atoms with Gasteiger partial charge in [0.1, 0.15) is 6.04 Å². The Morgan fingerprint density at radius 2 is 2.06 bits per heavy atom. The summed E-state index contributed by atoms with van der Waals surface area (Å²) in [5, 5.41) is 2.06. The molecule has 1 rings (SSSR count). The third kappa shape index (κ3) is 4.68. The lowest BCUT2D eigenvalue weighted by Gasteiger charge is -2.35. The molecule has 0 aliphatic heterocycles. The third-order valence-electron chi connectivity index (χ3n) is 3.01. The molecule has 0 spiro atoms. The van der Waals surface area contributed by atoms with Gasteiger partial charge in [-0.15, -0.1) is 0 Å². The minimum absolute atomic E-state index is 0.462. The molecule has 0 bridgehead atoms. The van der Waals surface area contributed by atoms with Crippen LogP contribution in [0.3, 0.4) is 0 Å². The van der Waals surface area contributed by atoms with E-state index < -0.39 is 24.0 Å². The van der Waals surface area contributed by atoms with Crippen molar-refractivity contribution < 1.29 is 18.0 Å². The van der Waals surface area contributed by atoms with Crippen LogP contribution >= 0.6 is 0 Å². The van der Waals surface area contributed by atoms with E-state index in [9.17, 15) is 18.0 Å². The lowest BCUT2D eigenvalue weighted by atomic mass is 9.79. The van der Waals surface area contributed by atoms with Crippen LogP contribution in [0.1, 0.15) is 19.3 Å². The van der Waals surface area contributed by atoms with Crippen LogP contribution in [0.25, 0.3) is 0 Å². The van der Waals surface area contributed by atoms with Crippen molar-refractivity contribution in [3.63, 3.8) is 0 Å². The Morgan fingerprint density at radius 3 is 2.44 bits per heavy atom. The number of nitrogens with zero attached hydrogens (tertiary/aromatic N) is 1. The average Bonchev–Trinajstić information content (AvgIpc) is 2.11. The second-order valence-electron chi connectivity index (χ2n) is 4.88. The van der Waals surface area contributed by atoms with Crippen LogP contribution < -0.4 is 5.32 Å². The quantitative estimate of drug-likeness (QED) is 0.770. The zero-order chi connectivity index (χ0) is 13.8. The normalized spacial score (nSPS) is 19.0. The van der Waals surface area contributed by atoms with Crippen molar-refractivity contribution >= 4 is 5.91 Å². The van der Waals surface area contributed by atoms with Crippen LogP contribution in [0.5, 0.6) is 0 Å². The molecule has 1 amide bonds. The predicted molar refractivity (Wildman–Crippen MR) is 63.0 cm³/mol. The molecule has 0 radical (unpaired) electrons. The maximum Gasteiger partial charge on any atom is 0.408 e. The van der Waals surface area contributed by atoms with Crippen molar-refractivity contribution in [2.45, 2.75) is 31.5 Å². The van der Waals surface area contributed by atoms with Crippen LogP contribution in [0.2, 0.25) is 0 Å². The standard InChI is InChI=1S/C12H19F3N2O/c1-17(2)8-4-7-10(18)16-11(12(13,14)15)9-5-3-6-9/h4,7,9,11H,3,5-6,8H2,1-2H3,(H,16,18)/b7-4+. The van der Waals surface area contributed by atoms with Gasteiger partial charge in [0.2, 0.25) is 5.91 Å². The van der Waals surface area contributed by atoms with Crippen molar-refractivity contribution in [2.75, 3.05) is 20.6 Å².